The van der Waals surface area contributed by atoms with Crippen LogP contribution in [-0.2, 0) is 17.9 Å². The molecule has 3 aromatic rings. The largest absolute Gasteiger partial charge is 0.361 e. The van der Waals surface area contributed by atoms with Crippen molar-refractivity contribution in [2.24, 2.45) is 5.92 Å². The highest BCUT2D eigenvalue weighted by Gasteiger charge is 2.57. The molecule has 172 valence electrons. The van der Waals surface area contributed by atoms with E-state index in [1.165, 1.54) is 15.8 Å². The lowest BCUT2D eigenvalue weighted by Gasteiger charge is -2.42. The van der Waals surface area contributed by atoms with Gasteiger partial charge in [0, 0.05) is 49.8 Å². The van der Waals surface area contributed by atoms with Gasteiger partial charge in [0.1, 0.15) is 5.54 Å². The number of nitrogens with zero attached hydrogens (tertiary/aromatic N) is 3. The number of hydrogen-bond acceptors (Lipinski definition) is 3. The van der Waals surface area contributed by atoms with Crippen LogP contribution in [0.2, 0.25) is 0 Å². The van der Waals surface area contributed by atoms with Crippen molar-refractivity contribution in [1.29, 1.82) is 0 Å². The van der Waals surface area contributed by atoms with E-state index in [-0.39, 0.29) is 17.9 Å². The standard InChI is InChI=1S/C27H32N4O2/c1-20(2)17-30-25(32)27(31(26(30)33)18-21-8-4-3-5-9-21)12-14-29(15-13-27)19-22-16-28-24-11-7-6-10-23(22)24/h3-11,16,20,28H,12-15,17-19H2,1-2H3. The van der Waals surface area contributed by atoms with Gasteiger partial charge in [0.05, 0.1) is 0 Å². The summed E-state index contributed by atoms with van der Waals surface area (Å²) < 4.78 is 0. The molecule has 1 spiro atoms. The van der Waals surface area contributed by atoms with E-state index in [9.17, 15) is 9.59 Å². The fourth-order valence-electron chi connectivity index (χ4n) is 5.36. The number of carbonyl (C=O) groups excluding carboxylic acids is 2. The van der Waals surface area contributed by atoms with Gasteiger partial charge in [-0.15, -0.1) is 0 Å². The molecular weight excluding hydrogens is 412 g/mol. The monoisotopic (exact) mass is 444 g/mol. The van der Waals surface area contributed by atoms with Crippen molar-refractivity contribution in [3.8, 4) is 0 Å². The Hall–Kier alpha value is -3.12. The van der Waals surface area contributed by atoms with Crippen molar-refractivity contribution >= 4 is 22.8 Å². The number of H-pyrrole nitrogens is 1. The molecule has 0 saturated carbocycles. The second kappa shape index (κ2) is 8.67. The van der Waals surface area contributed by atoms with Crippen LogP contribution in [0.3, 0.4) is 0 Å². The van der Waals surface area contributed by atoms with Crippen LogP contribution in [0.4, 0.5) is 4.79 Å². The first kappa shape index (κ1) is 21.7. The van der Waals surface area contributed by atoms with Gasteiger partial charge in [0.15, 0.2) is 0 Å². The van der Waals surface area contributed by atoms with Crippen molar-refractivity contribution < 1.29 is 9.59 Å². The summed E-state index contributed by atoms with van der Waals surface area (Å²) in [6, 6.07) is 18.2. The fraction of sp³-hybridized carbons (Fsp3) is 0.407. The molecule has 3 heterocycles. The van der Waals surface area contributed by atoms with Crippen molar-refractivity contribution in [1.82, 2.24) is 19.7 Å². The molecule has 2 aromatic carbocycles. The van der Waals surface area contributed by atoms with Crippen LogP contribution < -0.4 is 0 Å². The molecule has 6 nitrogen and oxygen atoms in total. The summed E-state index contributed by atoms with van der Waals surface area (Å²) in [5.41, 5.74) is 2.75. The smallest absolute Gasteiger partial charge is 0.327 e. The zero-order chi connectivity index (χ0) is 23.0. The van der Waals surface area contributed by atoms with Gasteiger partial charge in [-0.2, -0.15) is 0 Å². The van der Waals surface area contributed by atoms with Gasteiger partial charge in [-0.05, 0) is 36.0 Å². The normalized spacial score (nSPS) is 18.9. The first-order valence-electron chi connectivity index (χ1n) is 11.9. The van der Waals surface area contributed by atoms with Crippen LogP contribution >= 0.6 is 0 Å². The van der Waals surface area contributed by atoms with E-state index in [1.807, 2.05) is 41.3 Å². The number of amides is 3. The van der Waals surface area contributed by atoms with Gasteiger partial charge in [0.25, 0.3) is 5.91 Å². The van der Waals surface area contributed by atoms with Crippen LogP contribution in [-0.4, -0.2) is 56.8 Å². The van der Waals surface area contributed by atoms with Crippen LogP contribution in [0.5, 0.6) is 0 Å². The number of para-hydroxylation sites is 1. The first-order valence-corrected chi connectivity index (χ1v) is 11.9. The Morgan fingerprint density at radius 1 is 0.939 bits per heavy atom. The lowest BCUT2D eigenvalue weighted by Crippen LogP contribution is -2.56. The highest BCUT2D eigenvalue weighted by molar-refractivity contribution is 6.07. The number of likely N-dealkylation sites (tertiary alicyclic amines) is 1. The number of nitrogens with one attached hydrogen (secondary N) is 1. The highest BCUT2D eigenvalue weighted by atomic mass is 16.2. The van der Waals surface area contributed by atoms with Crippen molar-refractivity contribution in [2.75, 3.05) is 19.6 Å². The van der Waals surface area contributed by atoms with Crippen LogP contribution in [0.15, 0.2) is 60.8 Å². The van der Waals surface area contributed by atoms with Crippen LogP contribution in [0.1, 0.15) is 37.8 Å². The number of fused-ring (bicyclic) bond motifs is 1. The van der Waals surface area contributed by atoms with E-state index in [0.717, 1.165) is 30.7 Å². The highest BCUT2D eigenvalue weighted by Crippen LogP contribution is 2.39. The lowest BCUT2D eigenvalue weighted by atomic mass is 9.85. The van der Waals surface area contributed by atoms with Crippen LogP contribution in [0, 0.1) is 5.92 Å². The summed E-state index contributed by atoms with van der Waals surface area (Å²) in [7, 11) is 0. The molecule has 6 heteroatoms. The lowest BCUT2D eigenvalue weighted by molar-refractivity contribution is -0.136. The third-order valence-corrected chi connectivity index (χ3v) is 7.11. The molecule has 0 unspecified atom stereocenters. The van der Waals surface area contributed by atoms with E-state index in [0.29, 0.717) is 25.9 Å². The quantitative estimate of drug-likeness (QED) is 0.564. The molecule has 0 radical (unpaired) electrons. The molecule has 1 N–H and O–H groups in total. The van der Waals surface area contributed by atoms with Crippen molar-refractivity contribution in [3.63, 3.8) is 0 Å². The second-order valence-electron chi connectivity index (χ2n) is 9.83. The van der Waals surface area contributed by atoms with Crippen LogP contribution in [0.25, 0.3) is 10.9 Å². The molecule has 5 rings (SSSR count). The van der Waals surface area contributed by atoms with Crippen molar-refractivity contribution in [3.05, 3.63) is 71.9 Å². The van der Waals surface area contributed by atoms with E-state index in [2.05, 4.69) is 48.1 Å². The number of aromatic nitrogens is 1. The van der Waals surface area contributed by atoms with Gasteiger partial charge in [0.2, 0.25) is 0 Å². The summed E-state index contributed by atoms with van der Waals surface area (Å²) in [5.74, 6) is 0.234. The van der Waals surface area contributed by atoms with E-state index in [4.69, 9.17) is 0 Å². The molecule has 3 amide bonds. The molecule has 1 aromatic heterocycles. The Balaban J connectivity index is 1.37. The third kappa shape index (κ3) is 3.93. The SMILES string of the molecule is CC(C)CN1C(=O)N(Cc2ccccc2)C2(CCN(Cc3c[nH]c4ccccc34)CC2)C1=O. The maximum Gasteiger partial charge on any atom is 0.327 e. The van der Waals surface area contributed by atoms with Crippen molar-refractivity contribution in [2.45, 2.75) is 45.3 Å². The minimum atomic E-state index is -0.738. The topological polar surface area (TPSA) is 59.7 Å². The maximum atomic E-state index is 13.7. The van der Waals surface area contributed by atoms with Gasteiger partial charge >= 0.3 is 6.03 Å². The molecule has 2 aliphatic rings. The zero-order valence-electron chi connectivity index (χ0n) is 19.5. The predicted octanol–water partition coefficient (Wildman–Crippen LogP) is 4.62. The maximum absolute atomic E-state index is 13.7. The summed E-state index contributed by atoms with van der Waals surface area (Å²) in [5, 5.41) is 1.25. The van der Waals surface area contributed by atoms with Gasteiger partial charge in [-0.1, -0.05) is 62.4 Å². The number of carbonyl (C=O) groups is 2. The Morgan fingerprint density at radius 3 is 2.36 bits per heavy atom. The fourth-order valence-corrected chi connectivity index (χ4v) is 5.36. The average Bonchev–Trinajstić information content (AvgIpc) is 3.31. The molecule has 0 bridgehead atoms. The predicted molar refractivity (Wildman–Crippen MR) is 129 cm³/mol. The van der Waals surface area contributed by atoms with Gasteiger partial charge in [-0.25, -0.2) is 4.79 Å². The summed E-state index contributed by atoms with van der Waals surface area (Å²) in [6.07, 6.45) is 3.42. The Labute approximate surface area is 195 Å². The van der Waals surface area contributed by atoms with E-state index < -0.39 is 5.54 Å². The number of hydrogen-bond donors (Lipinski definition) is 1. The molecule has 2 aliphatic heterocycles. The number of urea groups is 1. The molecule has 0 aliphatic carbocycles. The summed E-state index contributed by atoms with van der Waals surface area (Å²) in [6.45, 7) is 7.48. The van der Waals surface area contributed by atoms with Gasteiger partial charge < -0.3 is 9.88 Å². The number of benzene rings is 2. The van der Waals surface area contributed by atoms with E-state index in [1.54, 1.807) is 0 Å². The molecule has 2 fully saturated rings. The summed E-state index contributed by atoms with van der Waals surface area (Å²) >= 11 is 0. The molecule has 33 heavy (non-hydrogen) atoms. The Bertz CT molecular complexity index is 1150. The Kier molecular flexibility index (Phi) is 5.71. The summed E-state index contributed by atoms with van der Waals surface area (Å²) in [4.78, 5) is 36.2. The molecule has 2 saturated heterocycles. The zero-order valence-corrected chi connectivity index (χ0v) is 19.5. The van der Waals surface area contributed by atoms with E-state index >= 15 is 0 Å². The Morgan fingerprint density at radius 2 is 1.64 bits per heavy atom. The number of aromatic amines is 1. The number of rotatable bonds is 6. The number of imide groups is 1. The van der Waals surface area contributed by atoms with Gasteiger partial charge in [-0.3, -0.25) is 14.6 Å². The second-order valence-corrected chi connectivity index (χ2v) is 9.83. The first-order chi connectivity index (χ1) is 16.0. The molecule has 0 atom stereocenters. The minimum absolute atomic E-state index is 0.0103. The number of piperidine rings is 1. The average molecular weight is 445 g/mol. The third-order valence-electron chi connectivity index (χ3n) is 7.11. The minimum Gasteiger partial charge on any atom is -0.361 e. The molecular formula is C27H32N4O2.